The smallest absolute Gasteiger partial charge is 0.173 e. The predicted molar refractivity (Wildman–Crippen MR) is 114 cm³/mol. The van der Waals surface area contributed by atoms with Crippen molar-refractivity contribution >= 4 is 57.8 Å². The van der Waals surface area contributed by atoms with Crippen LogP contribution in [0.15, 0.2) is 36.8 Å². The minimum atomic E-state index is 0.533. The van der Waals surface area contributed by atoms with Crippen LogP contribution in [-0.2, 0) is 20.1 Å². The van der Waals surface area contributed by atoms with Crippen molar-refractivity contribution in [1.82, 2.24) is 24.5 Å². The first-order chi connectivity index (χ1) is 12.8. The third kappa shape index (κ3) is 4.93. The van der Waals surface area contributed by atoms with Gasteiger partial charge in [0.1, 0.15) is 0 Å². The molecule has 0 amide bonds. The van der Waals surface area contributed by atoms with E-state index in [0.29, 0.717) is 33.3 Å². The Balaban J connectivity index is 1.62. The summed E-state index contributed by atoms with van der Waals surface area (Å²) in [6.07, 6.45) is 5.19. The maximum absolute atomic E-state index is 6.22. The minimum Gasteiger partial charge on any atom is -0.346 e. The fourth-order valence-corrected chi connectivity index (χ4v) is 3.34. The average molecular weight is 444 g/mol. The zero-order valence-electron chi connectivity index (χ0n) is 14.7. The second-order valence-electron chi connectivity index (χ2n) is 6.01. The molecule has 0 saturated carbocycles. The first kappa shape index (κ1) is 19.9. The lowest BCUT2D eigenvalue weighted by Gasteiger charge is -2.20. The summed E-state index contributed by atoms with van der Waals surface area (Å²) in [6.45, 7) is 1.07. The molecule has 3 rings (SSSR count). The van der Waals surface area contributed by atoms with E-state index in [1.807, 2.05) is 31.3 Å². The van der Waals surface area contributed by atoms with Crippen molar-refractivity contribution in [2.75, 3.05) is 12.4 Å². The molecule has 0 saturated heterocycles. The van der Waals surface area contributed by atoms with Crippen LogP contribution in [0.3, 0.4) is 0 Å². The second-order valence-corrected chi connectivity index (χ2v) is 7.65. The van der Waals surface area contributed by atoms with Crippen molar-refractivity contribution < 1.29 is 0 Å². The Labute approximate surface area is 177 Å². The lowest BCUT2D eigenvalue weighted by atomic mass is 10.2. The standard InChI is InChI=1S/C17H17Cl3N6S/c1-24(10-16-15(20)7-21-25(16)2)17(27)23-13-6-22-26(9-13)8-11-3-4-12(18)5-14(11)19/h3-7,9H,8,10H2,1-2H3,(H,23,27). The highest BCUT2D eigenvalue weighted by Gasteiger charge is 2.13. The molecular formula is C17H17Cl3N6S. The Bertz CT molecular complexity index is 948. The van der Waals surface area contributed by atoms with Gasteiger partial charge in [-0.15, -0.1) is 0 Å². The maximum atomic E-state index is 6.22. The lowest BCUT2D eigenvalue weighted by Crippen LogP contribution is -2.31. The maximum Gasteiger partial charge on any atom is 0.173 e. The van der Waals surface area contributed by atoms with Gasteiger partial charge in [-0.05, 0) is 29.9 Å². The molecule has 3 aromatic rings. The second kappa shape index (κ2) is 8.48. The lowest BCUT2D eigenvalue weighted by molar-refractivity contribution is 0.482. The van der Waals surface area contributed by atoms with Crippen LogP contribution >= 0.6 is 47.0 Å². The van der Waals surface area contributed by atoms with E-state index >= 15 is 0 Å². The summed E-state index contributed by atoms with van der Waals surface area (Å²) in [7, 11) is 3.73. The van der Waals surface area contributed by atoms with E-state index in [2.05, 4.69) is 15.5 Å². The van der Waals surface area contributed by atoms with Crippen molar-refractivity contribution in [3.05, 3.63) is 63.1 Å². The number of aromatic nitrogens is 4. The Hall–Kier alpha value is -1.80. The molecule has 0 aliphatic heterocycles. The average Bonchev–Trinajstić information content (AvgIpc) is 3.18. The molecule has 27 heavy (non-hydrogen) atoms. The predicted octanol–water partition coefficient (Wildman–Crippen LogP) is 4.45. The SMILES string of the molecule is CN(Cc1c(Cl)cnn1C)C(=S)Nc1cnn(Cc2ccc(Cl)cc2Cl)c1. The first-order valence-electron chi connectivity index (χ1n) is 7.98. The van der Waals surface area contributed by atoms with Crippen LogP contribution in [0.1, 0.15) is 11.3 Å². The van der Waals surface area contributed by atoms with Gasteiger partial charge in [0.15, 0.2) is 5.11 Å². The number of halogens is 3. The van der Waals surface area contributed by atoms with Crippen molar-refractivity contribution in [2.24, 2.45) is 7.05 Å². The fraction of sp³-hybridized carbons (Fsp3) is 0.235. The van der Waals surface area contributed by atoms with Crippen molar-refractivity contribution in [3.63, 3.8) is 0 Å². The van der Waals surface area contributed by atoms with Gasteiger partial charge < -0.3 is 10.2 Å². The van der Waals surface area contributed by atoms with Gasteiger partial charge in [-0.3, -0.25) is 9.36 Å². The van der Waals surface area contributed by atoms with Crippen LogP contribution in [0.4, 0.5) is 5.69 Å². The first-order valence-corrected chi connectivity index (χ1v) is 9.52. The zero-order valence-corrected chi connectivity index (χ0v) is 17.7. The summed E-state index contributed by atoms with van der Waals surface area (Å²) in [4.78, 5) is 1.88. The summed E-state index contributed by atoms with van der Waals surface area (Å²) in [5, 5.41) is 14.0. The van der Waals surface area contributed by atoms with Gasteiger partial charge in [-0.1, -0.05) is 40.9 Å². The van der Waals surface area contributed by atoms with E-state index < -0.39 is 0 Å². The van der Waals surface area contributed by atoms with Crippen LogP contribution in [0.2, 0.25) is 15.1 Å². The molecule has 0 aliphatic carbocycles. The van der Waals surface area contributed by atoms with Gasteiger partial charge in [-0.2, -0.15) is 10.2 Å². The number of hydrogen-bond donors (Lipinski definition) is 1. The summed E-state index contributed by atoms with van der Waals surface area (Å²) in [5.41, 5.74) is 2.60. The van der Waals surface area contributed by atoms with Crippen molar-refractivity contribution in [2.45, 2.75) is 13.1 Å². The third-order valence-electron chi connectivity index (χ3n) is 3.98. The Morgan fingerprint density at radius 1 is 1.19 bits per heavy atom. The zero-order chi connectivity index (χ0) is 19.6. The molecule has 0 aliphatic rings. The molecule has 6 nitrogen and oxygen atoms in total. The van der Waals surface area contributed by atoms with Gasteiger partial charge in [-0.25, -0.2) is 0 Å². The van der Waals surface area contributed by atoms with Gasteiger partial charge in [0, 0.05) is 30.3 Å². The third-order valence-corrected chi connectivity index (χ3v) is 5.29. The largest absolute Gasteiger partial charge is 0.346 e. The molecule has 1 aromatic carbocycles. The number of thiocarbonyl (C=S) groups is 1. The molecule has 0 atom stereocenters. The van der Waals surface area contributed by atoms with E-state index in [1.165, 1.54) is 0 Å². The normalized spacial score (nSPS) is 10.9. The van der Waals surface area contributed by atoms with Crippen LogP contribution in [0.5, 0.6) is 0 Å². The van der Waals surface area contributed by atoms with E-state index in [9.17, 15) is 0 Å². The topological polar surface area (TPSA) is 50.9 Å². The molecule has 2 aromatic heterocycles. The van der Waals surface area contributed by atoms with Gasteiger partial charge in [0.25, 0.3) is 0 Å². The highest BCUT2D eigenvalue weighted by Crippen LogP contribution is 2.22. The number of nitrogens with one attached hydrogen (secondary N) is 1. The summed E-state index contributed by atoms with van der Waals surface area (Å²) >= 11 is 23.8. The molecule has 0 unspecified atom stereocenters. The van der Waals surface area contributed by atoms with E-state index in [0.717, 1.165) is 16.9 Å². The molecule has 1 N–H and O–H groups in total. The quantitative estimate of drug-likeness (QED) is 0.590. The summed E-state index contributed by atoms with van der Waals surface area (Å²) < 4.78 is 3.51. The molecule has 142 valence electrons. The number of hydrogen-bond acceptors (Lipinski definition) is 3. The number of rotatable bonds is 5. The van der Waals surface area contributed by atoms with E-state index in [1.54, 1.807) is 33.9 Å². The van der Waals surface area contributed by atoms with Crippen LogP contribution < -0.4 is 5.32 Å². The number of benzene rings is 1. The molecule has 0 bridgehead atoms. The molecular weight excluding hydrogens is 427 g/mol. The monoisotopic (exact) mass is 442 g/mol. The number of anilines is 1. The Morgan fingerprint density at radius 2 is 1.96 bits per heavy atom. The molecule has 0 radical (unpaired) electrons. The van der Waals surface area contributed by atoms with Crippen LogP contribution in [0, 0.1) is 0 Å². The van der Waals surface area contributed by atoms with Crippen molar-refractivity contribution in [3.8, 4) is 0 Å². The fourth-order valence-electron chi connectivity index (χ4n) is 2.47. The van der Waals surface area contributed by atoms with E-state index in [4.69, 9.17) is 47.0 Å². The van der Waals surface area contributed by atoms with Gasteiger partial charge in [0.05, 0.1) is 41.9 Å². The molecule has 2 heterocycles. The molecule has 10 heteroatoms. The molecule has 0 spiro atoms. The Kier molecular flexibility index (Phi) is 6.26. The number of nitrogens with zero attached hydrogens (tertiary/aromatic N) is 5. The van der Waals surface area contributed by atoms with Gasteiger partial charge in [0.2, 0.25) is 0 Å². The number of aryl methyl sites for hydroxylation is 1. The van der Waals surface area contributed by atoms with E-state index in [-0.39, 0.29) is 0 Å². The minimum absolute atomic E-state index is 0.533. The summed E-state index contributed by atoms with van der Waals surface area (Å²) in [6, 6.07) is 5.41. The highest BCUT2D eigenvalue weighted by molar-refractivity contribution is 7.80. The Morgan fingerprint density at radius 3 is 2.63 bits per heavy atom. The summed E-state index contributed by atoms with van der Waals surface area (Å²) in [5.74, 6) is 0. The van der Waals surface area contributed by atoms with Crippen LogP contribution in [-0.4, -0.2) is 36.6 Å². The van der Waals surface area contributed by atoms with Gasteiger partial charge >= 0.3 is 0 Å². The molecule has 0 fully saturated rings. The van der Waals surface area contributed by atoms with Crippen LogP contribution in [0.25, 0.3) is 0 Å². The highest BCUT2D eigenvalue weighted by atomic mass is 35.5. The van der Waals surface area contributed by atoms with Crippen molar-refractivity contribution in [1.29, 1.82) is 0 Å².